The zero-order valence-corrected chi connectivity index (χ0v) is 13.6. The third-order valence-corrected chi connectivity index (χ3v) is 4.66. The molecule has 0 spiro atoms. The summed E-state index contributed by atoms with van der Waals surface area (Å²) in [5.74, 6) is 2.07. The molecular weight excluding hydrogens is 244 g/mol. The number of nitrogens with two attached hydrogens (primary N) is 1. The van der Waals surface area contributed by atoms with E-state index in [1.165, 1.54) is 0 Å². The summed E-state index contributed by atoms with van der Waals surface area (Å²) in [6, 6.07) is 0.177. The molecule has 2 unspecified atom stereocenters. The smallest absolute Gasteiger partial charge is 0.235 e. The van der Waals surface area contributed by atoms with Crippen LogP contribution >= 0.6 is 11.8 Å². The zero-order valence-electron chi connectivity index (χ0n) is 12.8. The molecule has 0 bridgehead atoms. The highest BCUT2D eigenvalue weighted by atomic mass is 32.2. The Hall–Kier alpha value is -0.220. The van der Waals surface area contributed by atoms with Crippen molar-refractivity contribution in [2.45, 2.75) is 52.3 Å². The number of amides is 1. The van der Waals surface area contributed by atoms with Crippen molar-refractivity contribution >= 4 is 17.7 Å². The minimum atomic E-state index is 0.0790. The Kier molecular flexibility index (Phi) is 8.70. The van der Waals surface area contributed by atoms with E-state index >= 15 is 0 Å². The van der Waals surface area contributed by atoms with E-state index in [1.54, 1.807) is 11.8 Å². The normalized spacial score (nSPS) is 14.9. The van der Waals surface area contributed by atoms with Gasteiger partial charge >= 0.3 is 0 Å². The molecule has 1 amide bonds. The summed E-state index contributed by atoms with van der Waals surface area (Å²) in [4.78, 5) is 14.2. The van der Waals surface area contributed by atoms with Crippen LogP contribution in [0.5, 0.6) is 0 Å². The number of carbonyl (C=O) groups excluding carboxylic acids is 1. The summed E-state index contributed by atoms with van der Waals surface area (Å²) in [7, 11) is 1.89. The highest BCUT2D eigenvalue weighted by Gasteiger charge is 2.25. The van der Waals surface area contributed by atoms with Gasteiger partial charge < -0.3 is 10.6 Å². The van der Waals surface area contributed by atoms with Crippen LogP contribution in [0.1, 0.15) is 41.0 Å². The van der Waals surface area contributed by atoms with Crippen molar-refractivity contribution in [1.29, 1.82) is 0 Å². The summed E-state index contributed by atoms with van der Waals surface area (Å²) >= 11 is 1.74. The molecule has 2 N–H and O–H groups in total. The lowest BCUT2D eigenvalue weighted by Gasteiger charge is -2.27. The van der Waals surface area contributed by atoms with Crippen molar-refractivity contribution in [3.63, 3.8) is 0 Å². The Labute approximate surface area is 117 Å². The molecule has 2 atom stereocenters. The van der Waals surface area contributed by atoms with E-state index in [4.69, 9.17) is 5.73 Å². The fraction of sp³-hybridized carbons (Fsp3) is 0.929. The van der Waals surface area contributed by atoms with Gasteiger partial charge in [0.05, 0.1) is 5.25 Å². The minimum absolute atomic E-state index is 0.0790. The van der Waals surface area contributed by atoms with E-state index in [0.29, 0.717) is 11.8 Å². The van der Waals surface area contributed by atoms with Crippen LogP contribution < -0.4 is 5.73 Å². The fourth-order valence-electron chi connectivity index (χ4n) is 1.73. The highest BCUT2D eigenvalue weighted by Crippen LogP contribution is 2.21. The zero-order chi connectivity index (χ0) is 14.3. The van der Waals surface area contributed by atoms with E-state index in [1.807, 2.05) is 11.9 Å². The molecule has 0 saturated heterocycles. The Morgan fingerprint density at radius 2 is 1.78 bits per heavy atom. The van der Waals surface area contributed by atoms with Crippen LogP contribution in [-0.4, -0.2) is 41.4 Å². The molecule has 0 aliphatic carbocycles. The van der Waals surface area contributed by atoms with Gasteiger partial charge in [0.15, 0.2) is 0 Å². The summed E-state index contributed by atoms with van der Waals surface area (Å²) in [5, 5.41) is 0.0790. The number of rotatable bonds is 8. The van der Waals surface area contributed by atoms with Gasteiger partial charge in [-0.2, -0.15) is 0 Å². The van der Waals surface area contributed by atoms with E-state index in [0.717, 1.165) is 18.7 Å². The molecule has 0 radical (unpaired) electrons. The molecule has 4 heteroatoms. The highest BCUT2D eigenvalue weighted by molar-refractivity contribution is 8.00. The average molecular weight is 274 g/mol. The lowest BCUT2D eigenvalue weighted by molar-refractivity contribution is -0.130. The lowest BCUT2D eigenvalue weighted by atomic mass is 10.0. The molecule has 0 aromatic rings. The second kappa shape index (κ2) is 8.81. The third-order valence-electron chi connectivity index (χ3n) is 3.23. The lowest BCUT2D eigenvalue weighted by Crippen LogP contribution is -2.40. The van der Waals surface area contributed by atoms with Crippen molar-refractivity contribution in [1.82, 2.24) is 4.90 Å². The van der Waals surface area contributed by atoms with Crippen LogP contribution in [0.15, 0.2) is 0 Å². The second-order valence-electron chi connectivity index (χ2n) is 5.58. The predicted octanol–water partition coefficient (Wildman–Crippen LogP) is 2.60. The van der Waals surface area contributed by atoms with Crippen LogP contribution in [0.4, 0.5) is 0 Å². The first-order valence-corrected chi connectivity index (χ1v) is 7.98. The quantitative estimate of drug-likeness (QED) is 0.740. The number of carbonyl (C=O) groups is 1. The Bertz CT molecular complexity index is 244. The van der Waals surface area contributed by atoms with Gasteiger partial charge in [-0.15, -0.1) is 11.8 Å². The van der Waals surface area contributed by atoms with Gasteiger partial charge in [0, 0.05) is 19.6 Å². The summed E-state index contributed by atoms with van der Waals surface area (Å²) in [6.07, 6.45) is 0.877. The fourth-order valence-corrected chi connectivity index (χ4v) is 2.80. The van der Waals surface area contributed by atoms with Crippen molar-refractivity contribution in [3.05, 3.63) is 0 Å². The molecule has 0 rings (SSSR count). The predicted molar refractivity (Wildman–Crippen MR) is 81.8 cm³/mol. The molecule has 0 fully saturated rings. The van der Waals surface area contributed by atoms with Gasteiger partial charge in [0.25, 0.3) is 0 Å². The van der Waals surface area contributed by atoms with Gasteiger partial charge in [-0.25, -0.2) is 0 Å². The summed E-state index contributed by atoms with van der Waals surface area (Å²) in [5.41, 5.74) is 6.02. The minimum Gasteiger partial charge on any atom is -0.345 e. The van der Waals surface area contributed by atoms with Gasteiger partial charge in [-0.3, -0.25) is 4.79 Å². The summed E-state index contributed by atoms with van der Waals surface area (Å²) in [6.45, 7) is 11.3. The number of nitrogens with zero attached hydrogens (tertiary/aromatic N) is 1. The molecule has 0 saturated carbocycles. The third kappa shape index (κ3) is 6.10. The molecule has 0 aliphatic heterocycles. The Morgan fingerprint density at radius 1 is 1.22 bits per heavy atom. The van der Waals surface area contributed by atoms with Crippen LogP contribution in [0.2, 0.25) is 0 Å². The first kappa shape index (κ1) is 17.8. The van der Waals surface area contributed by atoms with Crippen LogP contribution in [0.3, 0.4) is 0 Å². The first-order chi connectivity index (χ1) is 8.31. The van der Waals surface area contributed by atoms with Crippen LogP contribution in [-0.2, 0) is 4.79 Å². The molecule has 0 aromatic heterocycles. The van der Waals surface area contributed by atoms with Crippen LogP contribution in [0, 0.1) is 11.8 Å². The molecule has 3 nitrogen and oxygen atoms in total. The van der Waals surface area contributed by atoms with E-state index in [-0.39, 0.29) is 17.2 Å². The van der Waals surface area contributed by atoms with Crippen molar-refractivity contribution in [2.75, 3.05) is 19.3 Å². The number of hydrogen-bond donors (Lipinski definition) is 1. The van der Waals surface area contributed by atoms with Crippen LogP contribution in [0.25, 0.3) is 0 Å². The maximum absolute atomic E-state index is 12.3. The second-order valence-corrected chi connectivity index (χ2v) is 6.99. The van der Waals surface area contributed by atoms with Gasteiger partial charge in [-0.1, -0.05) is 34.6 Å². The van der Waals surface area contributed by atoms with E-state index in [2.05, 4.69) is 34.6 Å². The topological polar surface area (TPSA) is 46.3 Å². The largest absolute Gasteiger partial charge is 0.345 e. The molecule has 0 heterocycles. The van der Waals surface area contributed by atoms with Crippen molar-refractivity contribution < 1.29 is 4.79 Å². The van der Waals surface area contributed by atoms with Crippen molar-refractivity contribution in [3.8, 4) is 0 Å². The van der Waals surface area contributed by atoms with E-state index < -0.39 is 0 Å². The molecule has 18 heavy (non-hydrogen) atoms. The SMILES string of the molecule is CCSC(C(=O)N(C)CCC(N)C(C)C)C(C)C. The number of thioether (sulfide) groups is 1. The van der Waals surface area contributed by atoms with Gasteiger partial charge in [0.1, 0.15) is 0 Å². The van der Waals surface area contributed by atoms with Gasteiger partial charge in [0.2, 0.25) is 5.91 Å². The standard InChI is InChI=1S/C14H30N2OS/c1-7-18-13(11(4)5)14(17)16(6)9-8-12(15)10(2)3/h10-13H,7-9,15H2,1-6H3. The molecular formula is C14H30N2OS. The monoisotopic (exact) mass is 274 g/mol. The molecule has 0 aromatic carbocycles. The molecule has 0 aliphatic rings. The average Bonchev–Trinajstić information content (AvgIpc) is 2.30. The van der Waals surface area contributed by atoms with Crippen molar-refractivity contribution in [2.24, 2.45) is 17.6 Å². The maximum Gasteiger partial charge on any atom is 0.235 e. The maximum atomic E-state index is 12.3. The molecule has 108 valence electrons. The summed E-state index contributed by atoms with van der Waals surface area (Å²) < 4.78 is 0. The Morgan fingerprint density at radius 3 is 2.17 bits per heavy atom. The van der Waals surface area contributed by atoms with E-state index in [9.17, 15) is 4.79 Å². The number of hydrogen-bond acceptors (Lipinski definition) is 3. The Balaban J connectivity index is 4.30. The van der Waals surface area contributed by atoms with Gasteiger partial charge in [-0.05, 0) is 24.0 Å². The first-order valence-electron chi connectivity index (χ1n) is 6.93.